The number of benzene rings is 1. The van der Waals surface area contributed by atoms with Crippen LogP contribution in [0.15, 0.2) is 24.3 Å². The highest BCUT2D eigenvalue weighted by atomic mass is 19.4. The van der Waals surface area contributed by atoms with E-state index in [1.54, 1.807) is 6.07 Å². The number of rotatable bonds is 4. The number of halogens is 3. The second-order valence-electron chi connectivity index (χ2n) is 7.35. The number of carbonyl (C=O) groups excluding carboxylic acids is 1. The van der Waals surface area contributed by atoms with E-state index in [1.807, 2.05) is 0 Å². The molecule has 1 amide bonds. The minimum atomic E-state index is -4.38. The average Bonchev–Trinajstić information content (AvgIpc) is 3.46. The van der Waals surface area contributed by atoms with Crippen LogP contribution >= 0.6 is 0 Å². The van der Waals surface area contributed by atoms with Crippen LogP contribution in [0.2, 0.25) is 0 Å². The summed E-state index contributed by atoms with van der Waals surface area (Å²) in [4.78, 5) is 15.1. The number of hydrogen-bond acceptors (Lipinski definition) is 2. The molecule has 1 N–H and O–H groups in total. The molecular formula is C18H21F3N2O. The van der Waals surface area contributed by atoms with Crippen molar-refractivity contribution in [2.45, 2.75) is 55.8 Å². The van der Waals surface area contributed by atoms with Gasteiger partial charge < -0.3 is 5.32 Å². The summed E-state index contributed by atoms with van der Waals surface area (Å²) in [5.74, 6) is -0.107. The molecule has 1 heterocycles. The second-order valence-corrected chi connectivity index (χ2v) is 7.35. The summed E-state index contributed by atoms with van der Waals surface area (Å²) in [7, 11) is 0. The van der Waals surface area contributed by atoms with Crippen molar-refractivity contribution >= 4 is 5.91 Å². The Morgan fingerprint density at radius 3 is 2.58 bits per heavy atom. The number of amides is 1. The van der Waals surface area contributed by atoms with E-state index < -0.39 is 17.2 Å². The molecule has 3 fully saturated rings. The molecule has 2 aliphatic carbocycles. The Kier molecular flexibility index (Phi) is 3.64. The van der Waals surface area contributed by atoms with Crippen molar-refractivity contribution in [3.05, 3.63) is 35.4 Å². The molecule has 0 aromatic heterocycles. The standard InChI is InChI=1S/C18H21F3N2O/c19-18(20,21)13-3-1-2-12(10-13)17(7-8-17)16(24)22-14-6-9-23(11-14)15-4-5-15/h1-3,10,14-15H,4-9,11H2,(H,22,24)/t14-/m0/s1. The first kappa shape index (κ1) is 15.9. The topological polar surface area (TPSA) is 32.3 Å². The molecule has 0 radical (unpaired) electrons. The molecule has 0 spiro atoms. The number of hydrogen-bond donors (Lipinski definition) is 1. The maximum absolute atomic E-state index is 12.9. The summed E-state index contributed by atoms with van der Waals surface area (Å²) >= 11 is 0. The molecular weight excluding hydrogens is 317 g/mol. The largest absolute Gasteiger partial charge is 0.416 e. The number of alkyl halides is 3. The van der Waals surface area contributed by atoms with E-state index in [9.17, 15) is 18.0 Å². The highest BCUT2D eigenvalue weighted by molar-refractivity contribution is 5.91. The Labute approximate surface area is 139 Å². The van der Waals surface area contributed by atoms with Crippen molar-refractivity contribution in [2.75, 3.05) is 13.1 Å². The fourth-order valence-electron chi connectivity index (χ4n) is 3.77. The van der Waals surface area contributed by atoms with E-state index in [4.69, 9.17) is 0 Å². The normalized spacial score (nSPS) is 26.4. The molecule has 1 aromatic carbocycles. The first-order valence-electron chi connectivity index (χ1n) is 8.61. The van der Waals surface area contributed by atoms with E-state index >= 15 is 0 Å². The zero-order chi connectivity index (χ0) is 16.9. The maximum Gasteiger partial charge on any atom is 0.416 e. The molecule has 1 aliphatic heterocycles. The molecule has 0 unspecified atom stereocenters. The number of likely N-dealkylation sites (tertiary alicyclic amines) is 1. The van der Waals surface area contributed by atoms with E-state index in [0.717, 1.165) is 31.6 Å². The molecule has 0 bridgehead atoms. The van der Waals surface area contributed by atoms with Gasteiger partial charge in [-0.2, -0.15) is 13.2 Å². The molecule has 2 saturated carbocycles. The second kappa shape index (κ2) is 5.48. The van der Waals surface area contributed by atoms with Gasteiger partial charge in [-0.05, 0) is 43.7 Å². The van der Waals surface area contributed by atoms with Gasteiger partial charge in [0.1, 0.15) is 0 Å². The monoisotopic (exact) mass is 338 g/mol. The van der Waals surface area contributed by atoms with E-state index in [0.29, 0.717) is 24.4 Å². The van der Waals surface area contributed by atoms with Gasteiger partial charge in [0, 0.05) is 25.2 Å². The Morgan fingerprint density at radius 2 is 1.96 bits per heavy atom. The minimum absolute atomic E-state index is 0.107. The zero-order valence-electron chi connectivity index (χ0n) is 13.4. The molecule has 3 nitrogen and oxygen atoms in total. The first-order valence-corrected chi connectivity index (χ1v) is 8.61. The van der Waals surface area contributed by atoms with Gasteiger partial charge in [-0.15, -0.1) is 0 Å². The molecule has 130 valence electrons. The van der Waals surface area contributed by atoms with E-state index in [-0.39, 0.29) is 11.9 Å². The molecule has 3 aliphatic rings. The van der Waals surface area contributed by atoms with Crippen LogP contribution in [0.1, 0.15) is 43.2 Å². The number of nitrogens with zero attached hydrogens (tertiary/aromatic N) is 1. The molecule has 6 heteroatoms. The summed E-state index contributed by atoms with van der Waals surface area (Å²) in [5.41, 5.74) is -0.944. The molecule has 24 heavy (non-hydrogen) atoms. The third kappa shape index (κ3) is 2.92. The first-order chi connectivity index (χ1) is 11.4. The predicted molar refractivity (Wildman–Crippen MR) is 83.5 cm³/mol. The number of carbonyl (C=O) groups is 1. The van der Waals surface area contributed by atoms with Crippen LogP contribution in [-0.4, -0.2) is 36.0 Å². The Morgan fingerprint density at radius 1 is 1.21 bits per heavy atom. The molecule has 4 rings (SSSR count). The van der Waals surface area contributed by atoms with Gasteiger partial charge in [0.25, 0.3) is 0 Å². The van der Waals surface area contributed by atoms with Gasteiger partial charge in [-0.25, -0.2) is 0 Å². The summed E-state index contributed by atoms with van der Waals surface area (Å²) in [5, 5.41) is 3.09. The van der Waals surface area contributed by atoms with Gasteiger partial charge in [-0.1, -0.05) is 18.2 Å². The van der Waals surface area contributed by atoms with Crippen molar-refractivity contribution in [3.8, 4) is 0 Å². The zero-order valence-corrected chi connectivity index (χ0v) is 13.4. The maximum atomic E-state index is 12.9. The Bertz CT molecular complexity index is 650. The fourth-order valence-corrected chi connectivity index (χ4v) is 3.77. The predicted octanol–water partition coefficient (Wildman–Crippen LogP) is 3.09. The van der Waals surface area contributed by atoms with Crippen LogP contribution in [-0.2, 0) is 16.4 Å². The highest BCUT2D eigenvalue weighted by Gasteiger charge is 2.52. The lowest BCUT2D eigenvalue weighted by Gasteiger charge is -2.21. The van der Waals surface area contributed by atoms with Gasteiger partial charge in [-0.3, -0.25) is 9.69 Å². The molecule has 1 aromatic rings. The van der Waals surface area contributed by atoms with Gasteiger partial charge in [0.15, 0.2) is 0 Å². The van der Waals surface area contributed by atoms with Crippen LogP contribution in [0, 0.1) is 0 Å². The van der Waals surface area contributed by atoms with Crippen LogP contribution in [0.5, 0.6) is 0 Å². The SMILES string of the molecule is O=C(N[C@H]1CCN(C2CC2)C1)C1(c2cccc(C(F)(F)F)c2)CC1. The quantitative estimate of drug-likeness (QED) is 0.915. The number of nitrogens with one attached hydrogen (secondary N) is 1. The third-order valence-corrected chi connectivity index (χ3v) is 5.55. The molecule has 1 atom stereocenters. The van der Waals surface area contributed by atoms with Crippen LogP contribution in [0.25, 0.3) is 0 Å². The van der Waals surface area contributed by atoms with Crippen molar-refractivity contribution in [1.29, 1.82) is 0 Å². The Balaban J connectivity index is 1.46. The van der Waals surface area contributed by atoms with Gasteiger partial charge >= 0.3 is 6.18 Å². The smallest absolute Gasteiger partial charge is 0.351 e. The Hall–Kier alpha value is -1.56. The lowest BCUT2D eigenvalue weighted by Crippen LogP contribution is -2.43. The van der Waals surface area contributed by atoms with Crippen molar-refractivity contribution in [2.24, 2.45) is 0 Å². The summed E-state index contributed by atoms with van der Waals surface area (Å²) in [6.45, 7) is 1.88. The lowest BCUT2D eigenvalue weighted by molar-refractivity contribution is -0.137. The average molecular weight is 338 g/mol. The molecule has 1 saturated heterocycles. The van der Waals surface area contributed by atoms with Crippen molar-refractivity contribution in [1.82, 2.24) is 10.2 Å². The van der Waals surface area contributed by atoms with Crippen LogP contribution in [0.3, 0.4) is 0 Å². The van der Waals surface area contributed by atoms with Crippen molar-refractivity contribution < 1.29 is 18.0 Å². The van der Waals surface area contributed by atoms with Gasteiger partial charge in [0.2, 0.25) is 5.91 Å². The lowest BCUT2D eigenvalue weighted by atomic mass is 9.93. The van der Waals surface area contributed by atoms with Crippen LogP contribution < -0.4 is 5.32 Å². The fraction of sp³-hybridized carbons (Fsp3) is 0.611. The van der Waals surface area contributed by atoms with Gasteiger partial charge in [0.05, 0.1) is 11.0 Å². The third-order valence-electron chi connectivity index (χ3n) is 5.55. The summed E-state index contributed by atoms with van der Waals surface area (Å²) in [6, 6.07) is 6.05. The van der Waals surface area contributed by atoms with Crippen LogP contribution in [0.4, 0.5) is 13.2 Å². The minimum Gasteiger partial charge on any atom is -0.351 e. The summed E-state index contributed by atoms with van der Waals surface area (Å²) in [6.07, 6.45) is 0.293. The summed E-state index contributed by atoms with van der Waals surface area (Å²) < 4.78 is 38.8. The van der Waals surface area contributed by atoms with E-state index in [1.165, 1.54) is 18.9 Å². The highest BCUT2D eigenvalue weighted by Crippen LogP contribution is 2.49. The van der Waals surface area contributed by atoms with E-state index in [2.05, 4.69) is 10.2 Å². The van der Waals surface area contributed by atoms with Crippen molar-refractivity contribution in [3.63, 3.8) is 0 Å².